The number of H-pyrrole nitrogens is 1. The summed E-state index contributed by atoms with van der Waals surface area (Å²) in [6.45, 7) is 1.04. The van der Waals surface area contributed by atoms with Crippen molar-refractivity contribution in [1.82, 2.24) is 9.88 Å². The van der Waals surface area contributed by atoms with Crippen LogP contribution in [0.4, 0.5) is 0 Å². The van der Waals surface area contributed by atoms with Gasteiger partial charge in [0.05, 0.1) is 0 Å². The highest BCUT2D eigenvalue weighted by Crippen LogP contribution is 2.27. The van der Waals surface area contributed by atoms with Crippen molar-refractivity contribution in [2.45, 2.75) is 37.6 Å². The van der Waals surface area contributed by atoms with E-state index in [1.807, 2.05) is 30.3 Å². The number of pyridine rings is 1. The van der Waals surface area contributed by atoms with Crippen LogP contribution >= 0.6 is 0 Å². The van der Waals surface area contributed by atoms with Crippen molar-refractivity contribution < 1.29 is 4.79 Å². The van der Waals surface area contributed by atoms with Crippen molar-refractivity contribution in [1.29, 1.82) is 0 Å². The minimum absolute atomic E-state index is 0.108. The third kappa shape index (κ3) is 3.00. The summed E-state index contributed by atoms with van der Waals surface area (Å²) in [4.78, 5) is 30.0. The number of hydrogen-bond donors (Lipinski definition) is 2. The molecule has 130 valence electrons. The Morgan fingerprint density at radius 3 is 2.68 bits per heavy atom. The lowest BCUT2D eigenvalue weighted by Crippen LogP contribution is -2.35. The average Bonchev–Trinajstić information content (AvgIpc) is 3.03. The number of benzene rings is 1. The van der Waals surface area contributed by atoms with Crippen molar-refractivity contribution >= 4 is 5.91 Å². The number of aryl methyl sites for hydroxylation is 2. The maximum Gasteiger partial charge on any atom is 0.261 e. The van der Waals surface area contributed by atoms with Crippen molar-refractivity contribution in [2.24, 2.45) is 5.73 Å². The van der Waals surface area contributed by atoms with Gasteiger partial charge in [0, 0.05) is 30.7 Å². The Kier molecular flexibility index (Phi) is 4.17. The highest BCUT2D eigenvalue weighted by molar-refractivity contribution is 5.94. The largest absolute Gasteiger partial charge is 0.336 e. The molecule has 5 nitrogen and oxygen atoms in total. The van der Waals surface area contributed by atoms with Crippen molar-refractivity contribution in [3.63, 3.8) is 0 Å². The van der Waals surface area contributed by atoms with Crippen molar-refractivity contribution in [3.8, 4) is 0 Å². The van der Waals surface area contributed by atoms with E-state index in [0.717, 1.165) is 42.5 Å². The number of aromatic amines is 1. The third-order valence-corrected chi connectivity index (χ3v) is 5.45. The molecule has 1 aromatic carbocycles. The molecule has 1 aromatic heterocycles. The second-order valence-corrected chi connectivity index (χ2v) is 7.11. The molecular formula is C20H23N3O2. The van der Waals surface area contributed by atoms with Crippen molar-refractivity contribution in [2.75, 3.05) is 13.1 Å². The molecule has 3 N–H and O–H groups in total. The molecule has 2 aromatic rings. The summed E-state index contributed by atoms with van der Waals surface area (Å²) in [5.41, 5.74) is 9.51. The molecule has 1 fully saturated rings. The summed E-state index contributed by atoms with van der Waals surface area (Å²) in [6, 6.07) is 11.7. The molecule has 0 bridgehead atoms. The molecule has 1 saturated heterocycles. The van der Waals surface area contributed by atoms with Gasteiger partial charge in [0.15, 0.2) is 0 Å². The zero-order valence-corrected chi connectivity index (χ0v) is 14.2. The number of amides is 1. The van der Waals surface area contributed by atoms with Crippen LogP contribution in [0.3, 0.4) is 0 Å². The first kappa shape index (κ1) is 16.1. The molecule has 25 heavy (non-hydrogen) atoms. The van der Waals surface area contributed by atoms with Crippen LogP contribution in [-0.2, 0) is 12.8 Å². The first-order valence-corrected chi connectivity index (χ1v) is 8.98. The van der Waals surface area contributed by atoms with Crippen LogP contribution in [-0.4, -0.2) is 34.9 Å². The average molecular weight is 337 g/mol. The second-order valence-electron chi connectivity index (χ2n) is 7.11. The van der Waals surface area contributed by atoms with Crippen LogP contribution in [0, 0.1) is 0 Å². The molecule has 1 aliphatic heterocycles. The Balaban J connectivity index is 1.59. The molecule has 4 rings (SSSR count). The summed E-state index contributed by atoms with van der Waals surface area (Å²) in [5.74, 6) is -0.0923. The van der Waals surface area contributed by atoms with Crippen LogP contribution in [0.15, 0.2) is 41.2 Å². The first-order valence-electron chi connectivity index (χ1n) is 8.98. The number of carbonyl (C=O) groups excluding carboxylic acids is 1. The van der Waals surface area contributed by atoms with Gasteiger partial charge in [0.25, 0.3) is 11.5 Å². The van der Waals surface area contributed by atoms with E-state index < -0.39 is 0 Å². The molecule has 1 aliphatic carbocycles. The summed E-state index contributed by atoms with van der Waals surface area (Å²) in [6.07, 6.45) is 4.02. The van der Waals surface area contributed by atoms with E-state index >= 15 is 0 Å². The molecule has 1 amide bonds. The number of aromatic nitrogens is 1. The Bertz CT molecular complexity index is 844. The zero-order chi connectivity index (χ0) is 17.4. The highest BCUT2D eigenvalue weighted by Gasteiger charge is 2.35. The normalized spacial score (nSPS) is 22.7. The molecule has 0 saturated carbocycles. The lowest BCUT2D eigenvalue weighted by molar-refractivity contribution is 0.0787. The maximum atomic E-state index is 12.9. The van der Waals surface area contributed by atoms with E-state index in [4.69, 9.17) is 5.73 Å². The molecule has 2 aliphatic rings. The van der Waals surface area contributed by atoms with Gasteiger partial charge >= 0.3 is 0 Å². The van der Waals surface area contributed by atoms with Gasteiger partial charge < -0.3 is 15.6 Å². The minimum atomic E-state index is -0.276. The lowest BCUT2D eigenvalue weighted by Gasteiger charge is -2.19. The summed E-state index contributed by atoms with van der Waals surface area (Å²) < 4.78 is 0. The quantitative estimate of drug-likeness (QED) is 0.877. The molecule has 2 atom stereocenters. The molecule has 0 unspecified atom stereocenters. The Morgan fingerprint density at radius 1 is 1.12 bits per heavy atom. The van der Waals surface area contributed by atoms with E-state index in [1.165, 1.54) is 0 Å². The summed E-state index contributed by atoms with van der Waals surface area (Å²) in [7, 11) is 0. The van der Waals surface area contributed by atoms with Gasteiger partial charge in [-0.2, -0.15) is 0 Å². The molecule has 2 heterocycles. The Morgan fingerprint density at radius 2 is 1.88 bits per heavy atom. The fraction of sp³-hybridized carbons (Fsp3) is 0.400. The zero-order valence-electron chi connectivity index (χ0n) is 14.2. The minimum Gasteiger partial charge on any atom is -0.336 e. The number of rotatable bonds is 2. The molecular weight excluding hydrogens is 314 g/mol. The Hall–Kier alpha value is -2.40. The fourth-order valence-electron chi connectivity index (χ4n) is 4.05. The van der Waals surface area contributed by atoms with Crippen LogP contribution in [0.2, 0.25) is 0 Å². The standard InChI is InChI=1S/C20H23N3O2/c21-17-12-23(11-16(17)13-6-2-1-3-7-13)20(25)15-10-14-8-4-5-9-18(14)22-19(15)24/h1-3,6-7,10,16-17H,4-5,8-9,11-12,21H2,(H,22,24)/t16-,17+/m0/s1. The summed E-state index contributed by atoms with van der Waals surface area (Å²) in [5, 5.41) is 0. The van der Waals surface area contributed by atoms with Gasteiger partial charge in [0.1, 0.15) is 5.56 Å². The van der Waals surface area contributed by atoms with E-state index in [0.29, 0.717) is 13.1 Å². The predicted octanol–water partition coefficient (Wildman–Crippen LogP) is 1.82. The predicted molar refractivity (Wildman–Crippen MR) is 96.8 cm³/mol. The fourth-order valence-corrected chi connectivity index (χ4v) is 4.05. The first-order chi connectivity index (χ1) is 12.1. The van der Waals surface area contributed by atoms with Crippen molar-refractivity contribution in [3.05, 3.63) is 69.1 Å². The van der Waals surface area contributed by atoms with Gasteiger partial charge in [-0.25, -0.2) is 0 Å². The monoisotopic (exact) mass is 337 g/mol. The molecule has 0 radical (unpaired) electrons. The van der Waals surface area contributed by atoms with E-state index in [9.17, 15) is 9.59 Å². The maximum absolute atomic E-state index is 12.9. The molecule has 0 spiro atoms. The van der Waals surface area contributed by atoms with Crippen LogP contribution < -0.4 is 11.3 Å². The van der Waals surface area contributed by atoms with Crippen LogP contribution in [0.1, 0.15) is 45.9 Å². The van der Waals surface area contributed by atoms with E-state index in [-0.39, 0.29) is 29.0 Å². The number of nitrogens with zero attached hydrogens (tertiary/aromatic N) is 1. The number of carbonyl (C=O) groups is 1. The van der Waals surface area contributed by atoms with Gasteiger partial charge in [-0.15, -0.1) is 0 Å². The van der Waals surface area contributed by atoms with E-state index in [1.54, 1.807) is 11.0 Å². The van der Waals surface area contributed by atoms with Crippen LogP contribution in [0.25, 0.3) is 0 Å². The lowest BCUT2D eigenvalue weighted by atomic mass is 9.94. The topological polar surface area (TPSA) is 79.2 Å². The number of nitrogens with one attached hydrogen (secondary N) is 1. The number of likely N-dealkylation sites (tertiary alicyclic amines) is 1. The number of nitrogens with two attached hydrogens (primary N) is 1. The van der Waals surface area contributed by atoms with Crippen LogP contribution in [0.5, 0.6) is 0 Å². The Labute approximate surface area is 146 Å². The smallest absolute Gasteiger partial charge is 0.261 e. The highest BCUT2D eigenvalue weighted by atomic mass is 16.2. The van der Waals surface area contributed by atoms with Gasteiger partial charge in [0.2, 0.25) is 0 Å². The van der Waals surface area contributed by atoms with Gasteiger partial charge in [-0.1, -0.05) is 30.3 Å². The SMILES string of the molecule is N[C@@H]1CN(C(=O)c2cc3c([nH]c2=O)CCCC3)C[C@H]1c1ccccc1. The second kappa shape index (κ2) is 6.48. The summed E-state index contributed by atoms with van der Waals surface area (Å²) >= 11 is 0. The number of fused-ring (bicyclic) bond motifs is 1. The van der Waals surface area contributed by atoms with E-state index in [2.05, 4.69) is 4.98 Å². The van der Waals surface area contributed by atoms with Gasteiger partial charge in [-0.3, -0.25) is 9.59 Å². The number of hydrogen-bond acceptors (Lipinski definition) is 3. The molecule has 5 heteroatoms. The third-order valence-electron chi connectivity index (χ3n) is 5.45. The van der Waals surface area contributed by atoms with Gasteiger partial charge in [-0.05, 0) is 42.9 Å².